The Bertz CT molecular complexity index is 814. The molecule has 10 heteroatoms. The average Bonchev–Trinajstić information content (AvgIpc) is 3.19. The number of esters is 1. The summed E-state index contributed by atoms with van der Waals surface area (Å²) in [7, 11) is 0. The minimum atomic E-state index is -0.674. The summed E-state index contributed by atoms with van der Waals surface area (Å²) in [5.41, 5.74) is 5.35. The highest BCUT2D eigenvalue weighted by atomic mass is 35.5. The second kappa shape index (κ2) is 8.75. The summed E-state index contributed by atoms with van der Waals surface area (Å²) >= 11 is 8.00. The number of thiophene rings is 2. The van der Waals surface area contributed by atoms with E-state index in [4.69, 9.17) is 22.1 Å². The van der Waals surface area contributed by atoms with Crippen LogP contribution in [0.4, 0.5) is 5.00 Å². The number of anilines is 1. The lowest BCUT2D eigenvalue weighted by atomic mass is 10.2. The molecule has 0 bridgehead atoms. The zero-order chi connectivity index (χ0) is 18.4. The van der Waals surface area contributed by atoms with Crippen molar-refractivity contribution in [2.24, 2.45) is 5.73 Å². The number of nitrogens with two attached hydrogens (primary N) is 1. The predicted molar refractivity (Wildman–Crippen MR) is 95.3 cm³/mol. The number of nitrogens with one attached hydrogen (secondary N) is 1. The van der Waals surface area contributed by atoms with E-state index < -0.39 is 24.4 Å². The maximum absolute atomic E-state index is 11.8. The van der Waals surface area contributed by atoms with E-state index in [9.17, 15) is 19.2 Å². The zero-order valence-corrected chi connectivity index (χ0v) is 15.1. The van der Waals surface area contributed by atoms with Gasteiger partial charge in [-0.15, -0.1) is 22.7 Å². The summed E-state index contributed by atoms with van der Waals surface area (Å²) in [4.78, 5) is 46.8. The molecule has 0 aliphatic heterocycles. The summed E-state index contributed by atoms with van der Waals surface area (Å²) in [6, 6.07) is 4.68. The monoisotopic (exact) mass is 400 g/mol. The van der Waals surface area contributed by atoms with Gasteiger partial charge < -0.3 is 15.8 Å². The lowest BCUT2D eigenvalue weighted by molar-refractivity contribution is -0.147. The van der Waals surface area contributed by atoms with Gasteiger partial charge in [0, 0.05) is 6.42 Å². The van der Waals surface area contributed by atoms with Gasteiger partial charge in [-0.05, 0) is 23.6 Å². The molecule has 132 valence electrons. The van der Waals surface area contributed by atoms with E-state index in [1.165, 1.54) is 6.07 Å². The first kappa shape index (κ1) is 19.1. The van der Waals surface area contributed by atoms with Crippen molar-refractivity contribution in [2.45, 2.75) is 12.8 Å². The smallest absolute Gasteiger partial charge is 0.306 e. The average molecular weight is 401 g/mol. The summed E-state index contributed by atoms with van der Waals surface area (Å²) in [5.74, 6) is -2.16. The van der Waals surface area contributed by atoms with Gasteiger partial charge in [0.1, 0.15) is 5.00 Å². The number of ketones is 1. The van der Waals surface area contributed by atoms with Crippen LogP contribution < -0.4 is 11.1 Å². The molecule has 7 nitrogen and oxygen atoms in total. The van der Waals surface area contributed by atoms with Gasteiger partial charge in [-0.25, -0.2) is 0 Å². The molecule has 2 heterocycles. The van der Waals surface area contributed by atoms with Crippen LogP contribution in [0.3, 0.4) is 0 Å². The Morgan fingerprint density at radius 1 is 1.16 bits per heavy atom. The number of carbonyl (C=O) groups excluding carboxylic acids is 4. The molecular formula is C15H13ClN2O5S2. The highest BCUT2D eigenvalue weighted by molar-refractivity contribution is 7.18. The molecule has 0 saturated heterocycles. The number of rotatable bonds is 8. The van der Waals surface area contributed by atoms with Crippen LogP contribution >= 0.6 is 34.3 Å². The Hall–Kier alpha value is -2.23. The van der Waals surface area contributed by atoms with Crippen LogP contribution in [-0.4, -0.2) is 30.2 Å². The first-order valence-electron chi connectivity index (χ1n) is 6.98. The van der Waals surface area contributed by atoms with Crippen LogP contribution in [0.25, 0.3) is 0 Å². The first-order chi connectivity index (χ1) is 11.9. The van der Waals surface area contributed by atoms with Crippen molar-refractivity contribution in [1.82, 2.24) is 0 Å². The van der Waals surface area contributed by atoms with Crippen LogP contribution in [0, 0.1) is 0 Å². The fraction of sp³-hybridized carbons (Fsp3) is 0.200. The summed E-state index contributed by atoms with van der Waals surface area (Å²) < 4.78 is 5.30. The number of ether oxygens (including phenoxy) is 1. The van der Waals surface area contributed by atoms with Gasteiger partial charge in [-0.1, -0.05) is 11.6 Å². The van der Waals surface area contributed by atoms with Crippen molar-refractivity contribution in [2.75, 3.05) is 11.9 Å². The van der Waals surface area contributed by atoms with Crippen molar-refractivity contribution >= 4 is 62.8 Å². The fourth-order valence-corrected chi connectivity index (χ4v) is 3.60. The van der Waals surface area contributed by atoms with Crippen molar-refractivity contribution in [3.63, 3.8) is 0 Å². The highest BCUT2D eigenvalue weighted by Gasteiger charge is 2.15. The first-order valence-corrected chi connectivity index (χ1v) is 9.05. The van der Waals surface area contributed by atoms with Crippen molar-refractivity contribution < 1.29 is 23.9 Å². The number of primary amides is 1. The molecule has 0 aliphatic carbocycles. The second-order valence-corrected chi connectivity index (χ2v) is 7.39. The molecule has 0 saturated carbocycles. The van der Waals surface area contributed by atoms with Gasteiger partial charge in [-0.2, -0.15) is 0 Å². The van der Waals surface area contributed by atoms with E-state index in [0.29, 0.717) is 14.2 Å². The maximum Gasteiger partial charge on any atom is 0.306 e. The normalized spacial score (nSPS) is 10.3. The molecule has 2 rings (SSSR count). The summed E-state index contributed by atoms with van der Waals surface area (Å²) in [6.45, 7) is -0.520. The summed E-state index contributed by atoms with van der Waals surface area (Å²) in [6.07, 6.45) is -0.179. The lowest BCUT2D eigenvalue weighted by Crippen LogP contribution is -2.22. The maximum atomic E-state index is 11.8. The highest BCUT2D eigenvalue weighted by Crippen LogP contribution is 2.23. The van der Waals surface area contributed by atoms with Gasteiger partial charge >= 0.3 is 5.97 Å². The quantitative estimate of drug-likeness (QED) is 0.522. The van der Waals surface area contributed by atoms with Crippen LogP contribution in [0.1, 0.15) is 32.9 Å². The van der Waals surface area contributed by atoms with E-state index in [1.807, 2.05) is 0 Å². The summed E-state index contributed by atoms with van der Waals surface area (Å²) in [5, 5.41) is 4.33. The topological polar surface area (TPSA) is 116 Å². The zero-order valence-electron chi connectivity index (χ0n) is 12.7. The second-order valence-electron chi connectivity index (χ2n) is 4.76. The molecule has 0 atom stereocenters. The number of halogens is 1. The van der Waals surface area contributed by atoms with Gasteiger partial charge in [0.15, 0.2) is 12.4 Å². The van der Waals surface area contributed by atoms with Gasteiger partial charge in [0.2, 0.25) is 0 Å². The van der Waals surface area contributed by atoms with Crippen LogP contribution in [-0.2, 0) is 14.3 Å². The molecule has 0 aliphatic rings. The number of amides is 2. The predicted octanol–water partition coefficient (Wildman–Crippen LogP) is 2.71. The Morgan fingerprint density at radius 3 is 2.56 bits per heavy atom. The molecule has 0 fully saturated rings. The van der Waals surface area contributed by atoms with Gasteiger partial charge in [0.05, 0.1) is 21.2 Å². The number of hydrogen-bond donors (Lipinski definition) is 2. The number of carbonyl (C=O) groups is 4. The third kappa shape index (κ3) is 5.66. The van der Waals surface area contributed by atoms with E-state index in [1.54, 1.807) is 17.5 Å². The SMILES string of the molecule is NC(=O)c1ccsc1NC(=O)COC(=O)CCC(=O)c1ccc(Cl)s1. The molecule has 2 amide bonds. The molecule has 2 aromatic rings. The van der Waals surface area contributed by atoms with E-state index in [0.717, 1.165) is 22.7 Å². The van der Waals surface area contributed by atoms with Crippen molar-refractivity contribution in [3.8, 4) is 0 Å². The Morgan fingerprint density at radius 2 is 1.92 bits per heavy atom. The van der Waals surface area contributed by atoms with Gasteiger partial charge in [0.25, 0.3) is 11.8 Å². The Labute approximate surface area is 155 Å². The molecule has 0 spiro atoms. The van der Waals surface area contributed by atoms with E-state index in [-0.39, 0.29) is 24.2 Å². The molecule has 3 N–H and O–H groups in total. The van der Waals surface area contributed by atoms with Crippen molar-refractivity contribution in [3.05, 3.63) is 38.4 Å². The van der Waals surface area contributed by atoms with Crippen LogP contribution in [0.2, 0.25) is 4.34 Å². The fourth-order valence-electron chi connectivity index (χ4n) is 1.78. The third-order valence-electron chi connectivity index (χ3n) is 2.95. The molecule has 2 aromatic heterocycles. The largest absolute Gasteiger partial charge is 0.456 e. The van der Waals surface area contributed by atoms with Gasteiger partial charge in [-0.3, -0.25) is 19.2 Å². The van der Waals surface area contributed by atoms with E-state index >= 15 is 0 Å². The molecule has 0 unspecified atom stereocenters. The van der Waals surface area contributed by atoms with Crippen LogP contribution in [0.15, 0.2) is 23.6 Å². The van der Waals surface area contributed by atoms with E-state index in [2.05, 4.69) is 5.32 Å². The molecular weight excluding hydrogens is 388 g/mol. The van der Waals surface area contributed by atoms with Crippen molar-refractivity contribution in [1.29, 1.82) is 0 Å². The minimum absolute atomic E-state index is 0.0337. The number of Topliss-reactive ketones (excluding diaryl/α,β-unsaturated/α-hetero) is 1. The molecule has 0 aromatic carbocycles. The lowest BCUT2D eigenvalue weighted by Gasteiger charge is -2.06. The number of hydrogen-bond acceptors (Lipinski definition) is 7. The minimum Gasteiger partial charge on any atom is -0.456 e. The third-order valence-corrected chi connectivity index (χ3v) is 5.05. The standard InChI is InChI=1S/C15H13ClN2O5S2/c16-11-3-2-10(25-11)9(19)1-4-13(21)23-7-12(20)18-15-8(14(17)22)5-6-24-15/h2-3,5-6H,1,4,7H2,(H2,17,22)(H,18,20). The van der Waals surface area contributed by atoms with Crippen LogP contribution in [0.5, 0.6) is 0 Å². The molecule has 0 radical (unpaired) electrons. The Kier molecular flexibility index (Phi) is 6.68. The Balaban J connectivity index is 1.74. The molecule has 25 heavy (non-hydrogen) atoms.